The molecule has 2 aromatic heterocycles. The zero-order chi connectivity index (χ0) is 30.6. The van der Waals surface area contributed by atoms with Gasteiger partial charge in [0.05, 0.1) is 18.2 Å². The van der Waals surface area contributed by atoms with Crippen LogP contribution < -0.4 is 10.1 Å². The van der Waals surface area contributed by atoms with Gasteiger partial charge in [0.2, 0.25) is 0 Å². The van der Waals surface area contributed by atoms with E-state index in [0.717, 1.165) is 69.6 Å². The third-order valence-corrected chi connectivity index (χ3v) is 11.1. The van der Waals surface area contributed by atoms with Crippen LogP contribution in [0, 0.1) is 24.7 Å². The first kappa shape index (κ1) is 26.8. The monoisotopic (exact) mass is 599 g/mol. The summed E-state index contributed by atoms with van der Waals surface area (Å²) >= 11 is 0. The van der Waals surface area contributed by atoms with E-state index in [-0.39, 0.29) is 11.8 Å². The number of methoxy groups -OCH3 is 1. The lowest BCUT2D eigenvalue weighted by atomic mass is 9.99. The Bertz CT molecular complexity index is 2060. The van der Waals surface area contributed by atoms with Crippen molar-refractivity contribution in [2.75, 3.05) is 13.7 Å². The molecular formula is C38H37N3O4. The number of likely N-dealkylation sites (tertiary alicyclic amines) is 1. The average Bonchev–Trinajstić information content (AvgIpc) is 3.26. The number of rotatable bonds is 6. The van der Waals surface area contributed by atoms with Gasteiger partial charge in [-0.1, -0.05) is 25.1 Å². The lowest BCUT2D eigenvalue weighted by molar-refractivity contribution is 0.0695. The standard InChI is InChI=1S/C38H37N3O4/c1-20-26-9-11-30(20)41(19-26)38(43)27-15-33(44-3)35-21(2)36(45-34(35)16-27)32-14-25-7-6-24(13-31(25)40(32)18-22-4-5-22)23-8-10-29-28(12-23)17-39-37(29)42/h6-8,10,12-16,20,22,26,30H,4-5,9,11,17-19H2,1-3H3,(H,39,42). The van der Waals surface area contributed by atoms with Crippen molar-refractivity contribution in [1.82, 2.24) is 14.8 Å². The predicted molar refractivity (Wildman–Crippen MR) is 174 cm³/mol. The van der Waals surface area contributed by atoms with Gasteiger partial charge >= 0.3 is 0 Å². The first-order valence-corrected chi connectivity index (χ1v) is 16.3. The number of piperidine rings is 1. The molecule has 2 aliphatic heterocycles. The summed E-state index contributed by atoms with van der Waals surface area (Å²) in [5.41, 5.74) is 8.60. The Morgan fingerprint density at radius 2 is 1.84 bits per heavy atom. The van der Waals surface area contributed by atoms with E-state index in [2.05, 4.69) is 59.0 Å². The van der Waals surface area contributed by atoms with Crippen LogP contribution in [0.2, 0.25) is 0 Å². The summed E-state index contributed by atoms with van der Waals surface area (Å²) in [5.74, 6) is 3.41. The van der Waals surface area contributed by atoms with E-state index in [1.807, 2.05) is 24.3 Å². The van der Waals surface area contributed by atoms with Crippen molar-refractivity contribution in [3.8, 4) is 28.3 Å². The molecule has 2 amide bonds. The number of carbonyl (C=O) groups excluding carboxylic acids is 2. The fourth-order valence-electron chi connectivity index (χ4n) is 8.37. The lowest BCUT2D eigenvalue weighted by Crippen LogP contribution is -2.38. The van der Waals surface area contributed by atoms with Gasteiger partial charge in [0.15, 0.2) is 5.76 Å². The van der Waals surface area contributed by atoms with E-state index in [1.165, 1.54) is 24.8 Å². The van der Waals surface area contributed by atoms with Crippen molar-refractivity contribution < 1.29 is 18.7 Å². The van der Waals surface area contributed by atoms with Gasteiger partial charge in [-0.2, -0.15) is 0 Å². The van der Waals surface area contributed by atoms with E-state index >= 15 is 0 Å². The van der Waals surface area contributed by atoms with Crippen molar-refractivity contribution in [3.63, 3.8) is 0 Å². The quantitative estimate of drug-likeness (QED) is 0.219. The summed E-state index contributed by atoms with van der Waals surface area (Å²) in [6, 6.07) is 19.1. The van der Waals surface area contributed by atoms with Gasteiger partial charge in [0, 0.05) is 53.3 Å². The highest BCUT2D eigenvalue weighted by Gasteiger charge is 2.46. The Labute approximate surface area is 262 Å². The fraction of sp³-hybridized carbons (Fsp3) is 0.368. The molecule has 2 aliphatic carbocycles. The fourth-order valence-corrected chi connectivity index (χ4v) is 8.37. The second-order valence-corrected chi connectivity index (χ2v) is 13.7. The molecule has 0 radical (unpaired) electrons. The van der Waals surface area contributed by atoms with Crippen LogP contribution in [0.15, 0.2) is 59.0 Å². The second-order valence-electron chi connectivity index (χ2n) is 13.7. The number of furan rings is 1. The Morgan fingerprint density at radius 1 is 1.02 bits per heavy atom. The SMILES string of the molecule is COc1cc(C(=O)N2CC3CCC2C3C)cc2oc(-c3cc4ccc(-c5ccc6c(c5)CNC6=O)cc4n3CC3CC3)c(C)c12. The Morgan fingerprint density at radius 3 is 2.60 bits per heavy atom. The summed E-state index contributed by atoms with van der Waals surface area (Å²) in [6.07, 6.45) is 4.79. The largest absolute Gasteiger partial charge is 0.496 e. The minimum absolute atomic E-state index is 0.00178. The van der Waals surface area contributed by atoms with E-state index in [4.69, 9.17) is 9.15 Å². The highest BCUT2D eigenvalue weighted by Crippen LogP contribution is 2.45. The number of hydrogen-bond acceptors (Lipinski definition) is 4. The van der Waals surface area contributed by atoms with Gasteiger partial charge in [-0.15, -0.1) is 0 Å². The maximum atomic E-state index is 13.8. The molecule has 45 heavy (non-hydrogen) atoms. The molecule has 3 fully saturated rings. The molecule has 3 atom stereocenters. The number of aryl methyl sites for hydroxylation is 1. The minimum atomic E-state index is 0.00178. The summed E-state index contributed by atoms with van der Waals surface area (Å²) in [7, 11) is 1.67. The Kier molecular flexibility index (Phi) is 5.81. The van der Waals surface area contributed by atoms with E-state index < -0.39 is 0 Å². The summed E-state index contributed by atoms with van der Waals surface area (Å²) in [6.45, 7) is 6.73. The molecular weight excluding hydrogens is 562 g/mol. The maximum absolute atomic E-state index is 13.8. The molecule has 9 rings (SSSR count). The first-order valence-electron chi connectivity index (χ1n) is 16.3. The van der Waals surface area contributed by atoms with Crippen molar-refractivity contribution in [2.24, 2.45) is 17.8 Å². The van der Waals surface area contributed by atoms with Crippen LogP contribution >= 0.6 is 0 Å². The van der Waals surface area contributed by atoms with Crippen LogP contribution in [-0.2, 0) is 13.1 Å². The van der Waals surface area contributed by atoms with Crippen LogP contribution in [-0.4, -0.2) is 41.0 Å². The van der Waals surface area contributed by atoms with Gasteiger partial charge in [-0.3, -0.25) is 9.59 Å². The number of carbonyl (C=O) groups is 2. The lowest BCUT2D eigenvalue weighted by Gasteiger charge is -2.27. The minimum Gasteiger partial charge on any atom is -0.496 e. The molecule has 4 aliphatic rings. The van der Waals surface area contributed by atoms with Gasteiger partial charge in [-0.05, 0) is 103 Å². The zero-order valence-corrected chi connectivity index (χ0v) is 26.0. The van der Waals surface area contributed by atoms with E-state index in [9.17, 15) is 9.59 Å². The third kappa shape index (κ3) is 4.09. The molecule has 2 bridgehead atoms. The number of fused-ring (bicyclic) bond motifs is 5. The first-order chi connectivity index (χ1) is 21.9. The number of hydrogen-bond donors (Lipinski definition) is 1. The zero-order valence-electron chi connectivity index (χ0n) is 26.0. The Balaban J connectivity index is 1.15. The number of benzene rings is 3. The van der Waals surface area contributed by atoms with Crippen LogP contribution in [0.5, 0.6) is 5.75 Å². The number of amides is 2. The van der Waals surface area contributed by atoms with E-state index in [1.54, 1.807) is 7.11 Å². The highest BCUT2D eigenvalue weighted by molar-refractivity contribution is 6.03. The molecule has 0 spiro atoms. The average molecular weight is 600 g/mol. The number of aromatic nitrogens is 1. The summed E-state index contributed by atoms with van der Waals surface area (Å²) in [4.78, 5) is 28.0. The van der Waals surface area contributed by atoms with Crippen LogP contribution in [0.1, 0.15) is 64.4 Å². The van der Waals surface area contributed by atoms with Gasteiger partial charge < -0.3 is 23.9 Å². The van der Waals surface area contributed by atoms with Crippen molar-refractivity contribution in [1.29, 1.82) is 0 Å². The molecule has 1 N–H and O–H groups in total. The molecule has 228 valence electrons. The topological polar surface area (TPSA) is 76.7 Å². The van der Waals surface area contributed by atoms with Gasteiger partial charge in [0.1, 0.15) is 11.3 Å². The number of nitrogens with one attached hydrogen (secondary N) is 1. The molecule has 4 heterocycles. The van der Waals surface area contributed by atoms with Gasteiger partial charge in [-0.25, -0.2) is 0 Å². The molecule has 2 saturated carbocycles. The van der Waals surface area contributed by atoms with Crippen LogP contribution in [0.3, 0.4) is 0 Å². The van der Waals surface area contributed by atoms with Crippen LogP contribution in [0.25, 0.3) is 44.5 Å². The second kappa shape index (κ2) is 9.74. The van der Waals surface area contributed by atoms with E-state index in [0.29, 0.717) is 47.2 Å². The highest BCUT2D eigenvalue weighted by atomic mass is 16.5. The molecule has 5 aromatic rings. The molecule has 3 aromatic carbocycles. The third-order valence-electron chi connectivity index (χ3n) is 11.1. The molecule has 1 saturated heterocycles. The molecule has 7 heteroatoms. The van der Waals surface area contributed by atoms with Crippen molar-refractivity contribution in [2.45, 2.75) is 58.7 Å². The number of ether oxygens (including phenoxy) is 1. The van der Waals surface area contributed by atoms with Crippen LogP contribution in [0.4, 0.5) is 0 Å². The maximum Gasteiger partial charge on any atom is 0.254 e. The smallest absolute Gasteiger partial charge is 0.254 e. The van der Waals surface area contributed by atoms with Crippen molar-refractivity contribution >= 4 is 33.7 Å². The molecule has 3 unspecified atom stereocenters. The number of nitrogens with zero attached hydrogens (tertiary/aromatic N) is 2. The summed E-state index contributed by atoms with van der Waals surface area (Å²) < 4.78 is 15.0. The van der Waals surface area contributed by atoms with Crippen molar-refractivity contribution in [3.05, 3.63) is 76.9 Å². The normalized spacial score (nSPS) is 22.1. The van der Waals surface area contributed by atoms with Gasteiger partial charge in [0.25, 0.3) is 11.8 Å². The predicted octanol–water partition coefficient (Wildman–Crippen LogP) is 7.56. The summed E-state index contributed by atoms with van der Waals surface area (Å²) in [5, 5.41) is 5.01. The Hall–Kier alpha value is -4.52. The molecule has 7 nitrogen and oxygen atoms in total.